The summed E-state index contributed by atoms with van der Waals surface area (Å²) in [6, 6.07) is 6.04. The molecular formula is C16H23ClN2O2. The van der Waals surface area contributed by atoms with Crippen LogP contribution in [0.5, 0.6) is 5.75 Å². The first kappa shape index (κ1) is 16.1. The molecule has 1 fully saturated rings. The first-order valence-electron chi connectivity index (χ1n) is 7.48. The van der Waals surface area contributed by atoms with Crippen LogP contribution in [0, 0.1) is 12.8 Å². The summed E-state index contributed by atoms with van der Waals surface area (Å²) in [4.78, 5) is 14.3. The lowest BCUT2D eigenvalue weighted by Gasteiger charge is -2.30. The second-order valence-electron chi connectivity index (χ2n) is 5.76. The standard InChI is InChI=1S/C16H22N2O2.ClH/c1-12-2-4-14-15(10-12)20-9-8-18(14)16(19)5-3-13-6-7-17-11-13;/h2,4,10,13,17H,3,5-9,11H2,1H3;1H. The molecule has 4 nitrogen and oxygen atoms in total. The topological polar surface area (TPSA) is 41.6 Å². The minimum Gasteiger partial charge on any atom is -0.490 e. The van der Waals surface area contributed by atoms with Crippen molar-refractivity contribution >= 4 is 24.0 Å². The fourth-order valence-electron chi connectivity index (χ4n) is 3.01. The number of aryl methyl sites for hydroxylation is 1. The Labute approximate surface area is 132 Å². The number of ether oxygens (including phenoxy) is 1. The second kappa shape index (κ2) is 7.14. The van der Waals surface area contributed by atoms with E-state index in [9.17, 15) is 4.79 Å². The van der Waals surface area contributed by atoms with Gasteiger partial charge in [0, 0.05) is 6.42 Å². The molecule has 2 aliphatic heterocycles. The van der Waals surface area contributed by atoms with Gasteiger partial charge in [-0.1, -0.05) is 6.07 Å². The molecule has 1 amide bonds. The molecule has 5 heteroatoms. The molecule has 3 rings (SSSR count). The van der Waals surface area contributed by atoms with E-state index in [0.29, 0.717) is 25.5 Å². The van der Waals surface area contributed by atoms with Gasteiger partial charge in [0.25, 0.3) is 0 Å². The number of hydrogen-bond acceptors (Lipinski definition) is 3. The third kappa shape index (κ3) is 3.69. The predicted molar refractivity (Wildman–Crippen MR) is 86.5 cm³/mol. The highest BCUT2D eigenvalue weighted by molar-refractivity contribution is 5.95. The zero-order chi connectivity index (χ0) is 13.9. The SMILES string of the molecule is Cc1ccc2c(c1)OCCN2C(=O)CCC1CCNC1.Cl. The van der Waals surface area contributed by atoms with Crippen molar-refractivity contribution in [3.63, 3.8) is 0 Å². The number of nitrogens with one attached hydrogen (secondary N) is 1. The molecule has 2 aliphatic rings. The van der Waals surface area contributed by atoms with Crippen molar-refractivity contribution in [3.8, 4) is 5.75 Å². The molecule has 2 heterocycles. The van der Waals surface area contributed by atoms with Crippen molar-refractivity contribution in [1.29, 1.82) is 0 Å². The lowest BCUT2D eigenvalue weighted by molar-refractivity contribution is -0.119. The molecule has 1 aromatic carbocycles. The maximum atomic E-state index is 12.5. The van der Waals surface area contributed by atoms with Gasteiger partial charge in [-0.3, -0.25) is 4.79 Å². The average molecular weight is 311 g/mol. The molecule has 0 bridgehead atoms. The largest absolute Gasteiger partial charge is 0.490 e. The van der Waals surface area contributed by atoms with Crippen LogP contribution in [0.3, 0.4) is 0 Å². The third-order valence-electron chi connectivity index (χ3n) is 4.21. The quantitative estimate of drug-likeness (QED) is 0.933. The first-order valence-corrected chi connectivity index (χ1v) is 7.48. The maximum Gasteiger partial charge on any atom is 0.227 e. The zero-order valence-electron chi connectivity index (χ0n) is 12.4. The van der Waals surface area contributed by atoms with E-state index in [4.69, 9.17) is 4.74 Å². The summed E-state index contributed by atoms with van der Waals surface area (Å²) in [6.07, 6.45) is 2.83. The van der Waals surface area contributed by atoms with Crippen molar-refractivity contribution in [2.45, 2.75) is 26.2 Å². The molecule has 0 radical (unpaired) electrons. The van der Waals surface area contributed by atoms with Crippen LogP contribution in [-0.4, -0.2) is 32.1 Å². The summed E-state index contributed by atoms with van der Waals surface area (Å²) >= 11 is 0. The van der Waals surface area contributed by atoms with Crippen LogP contribution in [0.1, 0.15) is 24.8 Å². The Balaban J connectivity index is 0.00000161. The molecular weight excluding hydrogens is 288 g/mol. The molecule has 116 valence electrons. The Morgan fingerprint density at radius 2 is 2.33 bits per heavy atom. The summed E-state index contributed by atoms with van der Waals surface area (Å²) in [6.45, 7) is 5.45. The molecule has 1 atom stereocenters. The Hall–Kier alpha value is -1.26. The Morgan fingerprint density at radius 1 is 1.48 bits per heavy atom. The van der Waals surface area contributed by atoms with E-state index in [1.807, 2.05) is 30.0 Å². The number of carbonyl (C=O) groups excluding carboxylic acids is 1. The molecule has 0 aromatic heterocycles. The van der Waals surface area contributed by atoms with Gasteiger partial charge in [0.2, 0.25) is 5.91 Å². The average Bonchev–Trinajstić information content (AvgIpc) is 2.97. The maximum absolute atomic E-state index is 12.5. The molecule has 0 saturated carbocycles. The highest BCUT2D eigenvalue weighted by Gasteiger charge is 2.24. The summed E-state index contributed by atoms with van der Waals surface area (Å²) in [7, 11) is 0. The third-order valence-corrected chi connectivity index (χ3v) is 4.21. The second-order valence-corrected chi connectivity index (χ2v) is 5.76. The van der Waals surface area contributed by atoms with E-state index in [-0.39, 0.29) is 18.3 Å². The van der Waals surface area contributed by atoms with Crippen molar-refractivity contribution in [1.82, 2.24) is 5.32 Å². The number of amides is 1. The number of halogens is 1. The van der Waals surface area contributed by atoms with Crippen LogP contribution >= 0.6 is 12.4 Å². The lowest BCUT2D eigenvalue weighted by atomic mass is 10.0. The summed E-state index contributed by atoms with van der Waals surface area (Å²) in [5.74, 6) is 1.73. The molecule has 1 N–H and O–H groups in total. The van der Waals surface area contributed by atoms with Crippen molar-refractivity contribution in [2.75, 3.05) is 31.1 Å². The molecule has 1 saturated heterocycles. The molecule has 21 heavy (non-hydrogen) atoms. The van der Waals surface area contributed by atoms with Gasteiger partial charge < -0.3 is 15.0 Å². The fourth-order valence-corrected chi connectivity index (χ4v) is 3.01. The number of hydrogen-bond donors (Lipinski definition) is 1. The Kier molecular flexibility index (Phi) is 5.48. The van der Waals surface area contributed by atoms with E-state index >= 15 is 0 Å². The van der Waals surface area contributed by atoms with Gasteiger partial charge in [-0.15, -0.1) is 12.4 Å². The summed E-state index contributed by atoms with van der Waals surface area (Å²) < 4.78 is 5.66. The van der Waals surface area contributed by atoms with Crippen molar-refractivity contribution in [3.05, 3.63) is 23.8 Å². The fraction of sp³-hybridized carbons (Fsp3) is 0.562. The number of fused-ring (bicyclic) bond motifs is 1. The monoisotopic (exact) mass is 310 g/mol. The van der Waals surface area contributed by atoms with Gasteiger partial charge in [-0.05, 0) is 56.5 Å². The Morgan fingerprint density at radius 3 is 3.10 bits per heavy atom. The minimum absolute atomic E-state index is 0. The first-order chi connectivity index (χ1) is 9.74. The number of carbonyl (C=O) groups is 1. The molecule has 0 aliphatic carbocycles. The van der Waals surface area contributed by atoms with Gasteiger partial charge in [-0.25, -0.2) is 0 Å². The zero-order valence-corrected chi connectivity index (χ0v) is 13.2. The lowest BCUT2D eigenvalue weighted by Crippen LogP contribution is -2.38. The van der Waals surface area contributed by atoms with E-state index < -0.39 is 0 Å². The molecule has 0 spiro atoms. The van der Waals surface area contributed by atoms with E-state index in [2.05, 4.69) is 5.32 Å². The van der Waals surface area contributed by atoms with Gasteiger partial charge in [0.1, 0.15) is 12.4 Å². The van der Waals surface area contributed by atoms with Crippen LogP contribution < -0.4 is 15.0 Å². The normalized spacial score (nSPS) is 20.4. The number of anilines is 1. The number of rotatable bonds is 3. The highest BCUT2D eigenvalue weighted by Crippen LogP contribution is 2.33. The van der Waals surface area contributed by atoms with Gasteiger partial charge in [-0.2, -0.15) is 0 Å². The molecule has 1 aromatic rings. The van der Waals surface area contributed by atoms with Crippen LogP contribution in [0.15, 0.2) is 18.2 Å². The van der Waals surface area contributed by atoms with Gasteiger partial charge in [0.05, 0.1) is 12.2 Å². The van der Waals surface area contributed by atoms with Crippen LogP contribution in [0.2, 0.25) is 0 Å². The van der Waals surface area contributed by atoms with E-state index in [1.54, 1.807) is 0 Å². The highest BCUT2D eigenvalue weighted by atomic mass is 35.5. The van der Waals surface area contributed by atoms with E-state index in [0.717, 1.165) is 36.5 Å². The summed E-state index contributed by atoms with van der Waals surface area (Å²) in [5, 5.41) is 3.35. The summed E-state index contributed by atoms with van der Waals surface area (Å²) in [5.41, 5.74) is 2.09. The number of benzene rings is 1. The van der Waals surface area contributed by atoms with Crippen LogP contribution in [0.4, 0.5) is 5.69 Å². The number of nitrogens with zero attached hydrogens (tertiary/aromatic N) is 1. The molecule has 1 unspecified atom stereocenters. The van der Waals surface area contributed by atoms with Gasteiger partial charge >= 0.3 is 0 Å². The van der Waals surface area contributed by atoms with Crippen LogP contribution in [0.25, 0.3) is 0 Å². The smallest absolute Gasteiger partial charge is 0.227 e. The van der Waals surface area contributed by atoms with Crippen molar-refractivity contribution < 1.29 is 9.53 Å². The Bertz CT molecular complexity index is 501. The minimum atomic E-state index is 0. The van der Waals surface area contributed by atoms with Crippen molar-refractivity contribution in [2.24, 2.45) is 5.92 Å². The van der Waals surface area contributed by atoms with Crippen LogP contribution in [-0.2, 0) is 4.79 Å². The predicted octanol–water partition coefficient (Wildman–Crippen LogP) is 2.53. The van der Waals surface area contributed by atoms with E-state index in [1.165, 1.54) is 6.42 Å². The van der Waals surface area contributed by atoms with Gasteiger partial charge in [0.15, 0.2) is 0 Å².